The molecule has 0 aromatic rings. The van der Waals surface area contributed by atoms with Crippen molar-refractivity contribution in [3.05, 3.63) is 0 Å². The third-order valence-electron chi connectivity index (χ3n) is 4.50. The van der Waals surface area contributed by atoms with Crippen LogP contribution in [0, 0.1) is 5.41 Å². The Labute approximate surface area is 104 Å². The normalized spacial score (nSPS) is 32.0. The second kappa shape index (κ2) is 3.98. The number of carbonyl (C=O) groups is 1. The van der Waals surface area contributed by atoms with E-state index >= 15 is 0 Å². The van der Waals surface area contributed by atoms with Gasteiger partial charge in [0.1, 0.15) is 11.1 Å². The molecular formula is C14H25NO2. The van der Waals surface area contributed by atoms with Gasteiger partial charge in [-0.2, -0.15) is 0 Å². The van der Waals surface area contributed by atoms with Crippen LogP contribution in [0.4, 0.5) is 0 Å². The molecule has 2 fully saturated rings. The van der Waals surface area contributed by atoms with Gasteiger partial charge in [0, 0.05) is 0 Å². The van der Waals surface area contributed by atoms with Crippen LogP contribution >= 0.6 is 0 Å². The van der Waals surface area contributed by atoms with Crippen molar-refractivity contribution < 1.29 is 9.53 Å². The average Bonchev–Trinajstić information content (AvgIpc) is 2.76. The van der Waals surface area contributed by atoms with Gasteiger partial charge < -0.3 is 10.5 Å². The molecule has 0 amide bonds. The zero-order chi connectivity index (χ0) is 12.7. The van der Waals surface area contributed by atoms with Crippen LogP contribution in [-0.2, 0) is 9.53 Å². The Morgan fingerprint density at radius 3 is 2.12 bits per heavy atom. The fourth-order valence-corrected chi connectivity index (χ4v) is 3.63. The molecule has 2 aliphatic carbocycles. The SMILES string of the molecule is CC(C)(C)OC(=O)C1(N)CCCC12CCCC2. The van der Waals surface area contributed by atoms with Crippen LogP contribution in [0.25, 0.3) is 0 Å². The molecule has 1 unspecified atom stereocenters. The molecule has 2 saturated carbocycles. The van der Waals surface area contributed by atoms with Gasteiger partial charge in [-0.25, -0.2) is 0 Å². The number of rotatable bonds is 1. The van der Waals surface area contributed by atoms with Gasteiger partial charge in [0.25, 0.3) is 0 Å². The van der Waals surface area contributed by atoms with Crippen LogP contribution in [0.1, 0.15) is 65.7 Å². The van der Waals surface area contributed by atoms with Gasteiger partial charge in [-0.05, 0) is 51.9 Å². The van der Waals surface area contributed by atoms with Gasteiger partial charge in [0.05, 0.1) is 0 Å². The van der Waals surface area contributed by atoms with Crippen molar-refractivity contribution in [2.24, 2.45) is 11.1 Å². The Morgan fingerprint density at radius 1 is 1.06 bits per heavy atom. The number of esters is 1. The average molecular weight is 239 g/mol. The lowest BCUT2D eigenvalue weighted by Gasteiger charge is -2.40. The van der Waals surface area contributed by atoms with Gasteiger partial charge in [0.2, 0.25) is 0 Å². The molecule has 3 heteroatoms. The second-order valence-electron chi connectivity index (χ2n) is 6.81. The summed E-state index contributed by atoms with van der Waals surface area (Å²) >= 11 is 0. The maximum atomic E-state index is 12.4. The largest absolute Gasteiger partial charge is 0.459 e. The molecule has 1 spiro atoms. The van der Waals surface area contributed by atoms with E-state index in [2.05, 4.69) is 0 Å². The zero-order valence-electron chi connectivity index (χ0n) is 11.3. The van der Waals surface area contributed by atoms with Gasteiger partial charge in [-0.1, -0.05) is 19.3 Å². The monoisotopic (exact) mass is 239 g/mol. The third-order valence-corrected chi connectivity index (χ3v) is 4.50. The van der Waals surface area contributed by atoms with Crippen LogP contribution in [0.15, 0.2) is 0 Å². The summed E-state index contributed by atoms with van der Waals surface area (Å²) < 4.78 is 5.55. The van der Waals surface area contributed by atoms with Gasteiger partial charge in [-0.3, -0.25) is 4.79 Å². The summed E-state index contributed by atoms with van der Waals surface area (Å²) in [5, 5.41) is 0. The van der Waals surface area contributed by atoms with Crippen molar-refractivity contribution in [3.63, 3.8) is 0 Å². The lowest BCUT2D eigenvalue weighted by Crippen LogP contribution is -2.58. The van der Waals surface area contributed by atoms with E-state index in [9.17, 15) is 4.79 Å². The quantitative estimate of drug-likeness (QED) is 0.716. The molecule has 0 aromatic heterocycles. The van der Waals surface area contributed by atoms with Crippen LogP contribution in [-0.4, -0.2) is 17.1 Å². The van der Waals surface area contributed by atoms with Crippen molar-refractivity contribution in [1.82, 2.24) is 0 Å². The molecule has 0 bridgehead atoms. The molecule has 0 saturated heterocycles. The fraction of sp³-hybridized carbons (Fsp3) is 0.929. The first-order valence-corrected chi connectivity index (χ1v) is 6.82. The van der Waals surface area contributed by atoms with E-state index in [1.807, 2.05) is 20.8 Å². The number of hydrogen-bond donors (Lipinski definition) is 1. The highest BCUT2D eigenvalue weighted by atomic mass is 16.6. The van der Waals surface area contributed by atoms with Crippen LogP contribution in [0.5, 0.6) is 0 Å². The Balaban J connectivity index is 2.19. The van der Waals surface area contributed by atoms with E-state index in [1.54, 1.807) is 0 Å². The number of ether oxygens (including phenoxy) is 1. The Morgan fingerprint density at radius 2 is 1.59 bits per heavy atom. The summed E-state index contributed by atoms with van der Waals surface area (Å²) in [6.45, 7) is 5.72. The molecule has 0 radical (unpaired) electrons. The van der Waals surface area contributed by atoms with E-state index in [0.717, 1.165) is 32.1 Å². The van der Waals surface area contributed by atoms with Crippen molar-refractivity contribution in [3.8, 4) is 0 Å². The zero-order valence-corrected chi connectivity index (χ0v) is 11.3. The molecule has 0 aliphatic heterocycles. The lowest BCUT2D eigenvalue weighted by atomic mass is 9.71. The predicted molar refractivity (Wildman–Crippen MR) is 67.5 cm³/mol. The number of nitrogens with two attached hydrogens (primary N) is 1. The van der Waals surface area contributed by atoms with Crippen LogP contribution in [0.2, 0.25) is 0 Å². The van der Waals surface area contributed by atoms with Crippen LogP contribution < -0.4 is 5.73 Å². The van der Waals surface area contributed by atoms with Crippen molar-refractivity contribution in [1.29, 1.82) is 0 Å². The first kappa shape index (κ1) is 12.9. The van der Waals surface area contributed by atoms with Crippen molar-refractivity contribution in [2.75, 3.05) is 0 Å². The van der Waals surface area contributed by atoms with Gasteiger partial charge >= 0.3 is 5.97 Å². The summed E-state index contributed by atoms with van der Waals surface area (Å²) in [5.41, 5.74) is 5.35. The Kier molecular flexibility index (Phi) is 3.01. The molecule has 0 heterocycles. The maximum absolute atomic E-state index is 12.4. The summed E-state index contributed by atoms with van der Waals surface area (Å²) in [6.07, 6.45) is 7.58. The first-order valence-electron chi connectivity index (χ1n) is 6.82. The molecule has 0 aromatic carbocycles. The summed E-state index contributed by atoms with van der Waals surface area (Å²) in [4.78, 5) is 12.4. The molecule has 98 valence electrons. The molecule has 2 rings (SSSR count). The van der Waals surface area contributed by atoms with E-state index in [0.29, 0.717) is 0 Å². The van der Waals surface area contributed by atoms with Gasteiger partial charge in [-0.15, -0.1) is 0 Å². The van der Waals surface area contributed by atoms with Gasteiger partial charge in [0.15, 0.2) is 0 Å². The summed E-state index contributed by atoms with van der Waals surface area (Å²) in [6, 6.07) is 0. The lowest BCUT2D eigenvalue weighted by molar-refractivity contribution is -0.166. The van der Waals surface area contributed by atoms with E-state index in [4.69, 9.17) is 10.5 Å². The smallest absolute Gasteiger partial charge is 0.327 e. The first-order chi connectivity index (χ1) is 7.79. The van der Waals surface area contributed by atoms with Crippen molar-refractivity contribution >= 4 is 5.97 Å². The fourth-order valence-electron chi connectivity index (χ4n) is 3.63. The minimum Gasteiger partial charge on any atom is -0.459 e. The molecule has 2 aliphatic rings. The molecule has 2 N–H and O–H groups in total. The number of hydrogen-bond acceptors (Lipinski definition) is 3. The number of carbonyl (C=O) groups excluding carboxylic acids is 1. The van der Waals surface area contributed by atoms with Crippen LogP contribution in [0.3, 0.4) is 0 Å². The summed E-state index contributed by atoms with van der Waals surface area (Å²) in [5.74, 6) is -0.176. The summed E-state index contributed by atoms with van der Waals surface area (Å²) in [7, 11) is 0. The second-order valence-corrected chi connectivity index (χ2v) is 6.81. The molecule has 17 heavy (non-hydrogen) atoms. The Bertz CT molecular complexity index is 307. The topological polar surface area (TPSA) is 52.3 Å². The standard InChI is InChI=1S/C14H25NO2/c1-12(2,3)17-11(16)14(15)10-6-9-13(14)7-4-5-8-13/h4-10,15H2,1-3H3. The van der Waals surface area contributed by atoms with Crippen molar-refractivity contribution in [2.45, 2.75) is 76.9 Å². The molecular weight excluding hydrogens is 214 g/mol. The molecule has 1 atom stereocenters. The minimum absolute atomic E-state index is 0.0370. The van der Waals surface area contributed by atoms with E-state index in [1.165, 1.54) is 12.8 Å². The maximum Gasteiger partial charge on any atom is 0.327 e. The molecule has 3 nitrogen and oxygen atoms in total. The van der Waals surface area contributed by atoms with E-state index < -0.39 is 11.1 Å². The van der Waals surface area contributed by atoms with E-state index in [-0.39, 0.29) is 11.4 Å². The predicted octanol–water partition coefficient (Wildman–Crippen LogP) is 2.77. The highest BCUT2D eigenvalue weighted by Crippen LogP contribution is 2.55. The minimum atomic E-state index is -0.725. The Hall–Kier alpha value is -0.570. The highest BCUT2D eigenvalue weighted by Gasteiger charge is 2.59. The highest BCUT2D eigenvalue weighted by molar-refractivity contribution is 5.82. The third kappa shape index (κ3) is 2.10.